The average molecular weight is 665 g/mol. The lowest BCUT2D eigenvalue weighted by atomic mass is 9.67. The lowest BCUT2D eigenvalue weighted by Gasteiger charge is -2.34. The number of rotatable bonds is 5. The number of nitriles is 1. The van der Waals surface area contributed by atoms with Gasteiger partial charge in [0.1, 0.15) is 11.2 Å². The van der Waals surface area contributed by atoms with Crippen molar-refractivity contribution < 1.29 is 4.42 Å². The van der Waals surface area contributed by atoms with E-state index in [0.29, 0.717) is 28.6 Å². The zero-order valence-electron chi connectivity index (χ0n) is 27.9. The number of aromatic nitrogens is 3. The summed E-state index contributed by atoms with van der Waals surface area (Å²) in [5.41, 5.74) is 10.4. The Hall–Kier alpha value is -7.16. The minimum atomic E-state index is -0.765. The number of furan rings is 1. The van der Waals surface area contributed by atoms with E-state index in [2.05, 4.69) is 78.9 Å². The fourth-order valence-corrected chi connectivity index (χ4v) is 8.04. The zero-order chi connectivity index (χ0) is 34.6. The highest BCUT2D eigenvalue weighted by Gasteiger charge is 2.48. The fraction of sp³-hybridized carbons (Fsp3) is 0.0213. The number of fused-ring (bicyclic) bond motifs is 7. The van der Waals surface area contributed by atoms with E-state index in [1.165, 1.54) is 0 Å². The molecular weight excluding hydrogens is 637 g/mol. The maximum atomic E-state index is 10.1. The standard InChI is InChI=1S/C47H28N4O/c48-29-30-15-14-22-34(27-30)47(33-20-8-3-9-21-33)38-25-12-10-23-35(38)41-39(47)28-37(43-42(41)36-24-11-13-26-40(36)52-43)46-50-44(31-16-4-1-5-17-31)49-45(51-46)32-18-6-2-7-19-32/h1-28H. The maximum Gasteiger partial charge on any atom is 0.167 e. The molecule has 1 aliphatic rings. The van der Waals surface area contributed by atoms with E-state index in [0.717, 1.165) is 66.4 Å². The van der Waals surface area contributed by atoms with Crippen molar-refractivity contribution in [3.05, 3.63) is 198 Å². The predicted molar refractivity (Wildman–Crippen MR) is 205 cm³/mol. The van der Waals surface area contributed by atoms with Crippen molar-refractivity contribution in [1.29, 1.82) is 5.26 Å². The van der Waals surface area contributed by atoms with Crippen LogP contribution >= 0.6 is 0 Å². The van der Waals surface area contributed by atoms with E-state index >= 15 is 0 Å². The van der Waals surface area contributed by atoms with Gasteiger partial charge in [0.2, 0.25) is 0 Å². The van der Waals surface area contributed by atoms with E-state index in [1.54, 1.807) is 0 Å². The lowest BCUT2D eigenvalue weighted by molar-refractivity contribution is 0.669. The molecule has 0 aliphatic heterocycles. The van der Waals surface area contributed by atoms with Gasteiger partial charge in [0.25, 0.3) is 0 Å². The normalized spacial score (nSPS) is 14.6. The molecule has 2 heterocycles. The zero-order valence-corrected chi connectivity index (χ0v) is 27.9. The molecular formula is C47H28N4O. The van der Waals surface area contributed by atoms with E-state index in [9.17, 15) is 5.26 Å². The summed E-state index contributed by atoms with van der Waals surface area (Å²) in [6.45, 7) is 0. The summed E-state index contributed by atoms with van der Waals surface area (Å²) in [5, 5.41) is 12.2. The third-order valence-corrected chi connectivity index (χ3v) is 10.2. The monoisotopic (exact) mass is 664 g/mol. The van der Waals surface area contributed by atoms with Crippen LogP contribution in [0, 0.1) is 11.3 Å². The van der Waals surface area contributed by atoms with Gasteiger partial charge in [-0.15, -0.1) is 0 Å². The van der Waals surface area contributed by atoms with Crippen molar-refractivity contribution in [3.8, 4) is 51.4 Å². The maximum absolute atomic E-state index is 10.1. The Balaban J connectivity index is 1.39. The molecule has 0 saturated carbocycles. The molecule has 242 valence electrons. The number of nitrogens with zero attached hydrogens (tertiary/aromatic N) is 4. The van der Waals surface area contributed by atoms with Gasteiger partial charge < -0.3 is 4.42 Å². The molecule has 5 nitrogen and oxygen atoms in total. The molecule has 2 aromatic heterocycles. The second-order valence-corrected chi connectivity index (χ2v) is 13.0. The third-order valence-electron chi connectivity index (χ3n) is 10.2. The summed E-state index contributed by atoms with van der Waals surface area (Å²) in [4.78, 5) is 15.4. The SMILES string of the molecule is N#Cc1cccc(C2(c3ccccc3)c3ccccc3-c3c2cc(-c2nc(-c4ccccc4)nc(-c4ccccc4)n2)c2oc4ccccc4c32)c1. The van der Waals surface area contributed by atoms with Crippen LogP contribution in [-0.2, 0) is 5.41 Å². The minimum absolute atomic E-state index is 0.517. The van der Waals surface area contributed by atoms with Gasteiger partial charge in [0, 0.05) is 21.9 Å². The van der Waals surface area contributed by atoms with Crippen molar-refractivity contribution in [2.24, 2.45) is 0 Å². The lowest BCUT2D eigenvalue weighted by Crippen LogP contribution is -2.28. The number of hydrogen-bond donors (Lipinski definition) is 0. The molecule has 1 unspecified atom stereocenters. The van der Waals surface area contributed by atoms with Gasteiger partial charge in [-0.3, -0.25) is 0 Å². The van der Waals surface area contributed by atoms with Crippen molar-refractivity contribution in [1.82, 2.24) is 15.0 Å². The van der Waals surface area contributed by atoms with Gasteiger partial charge in [0.15, 0.2) is 17.5 Å². The number of hydrogen-bond acceptors (Lipinski definition) is 5. The Kier molecular flexibility index (Phi) is 6.70. The molecule has 1 aliphatic carbocycles. The summed E-state index contributed by atoms with van der Waals surface area (Å²) >= 11 is 0. The molecule has 0 spiro atoms. The van der Waals surface area contributed by atoms with Crippen LogP contribution in [0.1, 0.15) is 27.8 Å². The third kappa shape index (κ3) is 4.38. The van der Waals surface area contributed by atoms with Gasteiger partial charge in [0.05, 0.1) is 22.6 Å². The smallest absolute Gasteiger partial charge is 0.167 e. The summed E-state index contributed by atoms with van der Waals surface area (Å²) in [5.74, 6) is 1.67. The fourth-order valence-electron chi connectivity index (χ4n) is 8.04. The number of para-hydroxylation sites is 1. The van der Waals surface area contributed by atoms with Crippen LogP contribution in [0.25, 0.3) is 67.2 Å². The molecule has 0 N–H and O–H groups in total. The summed E-state index contributed by atoms with van der Waals surface area (Å²) in [6.07, 6.45) is 0. The van der Waals surface area contributed by atoms with Crippen LogP contribution < -0.4 is 0 Å². The number of benzene rings is 7. The van der Waals surface area contributed by atoms with Crippen LogP contribution in [0.3, 0.4) is 0 Å². The van der Waals surface area contributed by atoms with Crippen LogP contribution in [0.2, 0.25) is 0 Å². The van der Waals surface area contributed by atoms with Gasteiger partial charge in [-0.25, -0.2) is 15.0 Å². The largest absolute Gasteiger partial charge is 0.455 e. The summed E-state index contributed by atoms with van der Waals surface area (Å²) < 4.78 is 6.84. The highest BCUT2D eigenvalue weighted by Crippen LogP contribution is 2.60. The van der Waals surface area contributed by atoms with E-state index in [-0.39, 0.29) is 0 Å². The Morgan fingerprint density at radius 2 is 1.10 bits per heavy atom. The van der Waals surface area contributed by atoms with Crippen LogP contribution in [0.5, 0.6) is 0 Å². The first-order valence-corrected chi connectivity index (χ1v) is 17.3. The highest BCUT2D eigenvalue weighted by atomic mass is 16.3. The molecule has 9 aromatic rings. The summed E-state index contributed by atoms with van der Waals surface area (Å²) in [6, 6.07) is 60.1. The van der Waals surface area contributed by atoms with Crippen molar-refractivity contribution in [2.45, 2.75) is 5.41 Å². The average Bonchev–Trinajstić information content (AvgIpc) is 3.75. The first-order valence-electron chi connectivity index (χ1n) is 17.3. The summed E-state index contributed by atoms with van der Waals surface area (Å²) in [7, 11) is 0. The highest BCUT2D eigenvalue weighted by molar-refractivity contribution is 6.19. The molecule has 10 rings (SSSR count). The van der Waals surface area contributed by atoms with Crippen molar-refractivity contribution >= 4 is 21.9 Å². The van der Waals surface area contributed by atoms with E-state index in [4.69, 9.17) is 19.4 Å². The molecule has 7 aromatic carbocycles. The Labute approximate surface area is 300 Å². The molecule has 0 radical (unpaired) electrons. The first kappa shape index (κ1) is 29.7. The van der Waals surface area contributed by atoms with Gasteiger partial charge in [-0.05, 0) is 57.6 Å². The Morgan fingerprint density at radius 3 is 1.81 bits per heavy atom. The van der Waals surface area contributed by atoms with Crippen LogP contribution in [0.15, 0.2) is 174 Å². The van der Waals surface area contributed by atoms with Crippen LogP contribution in [0.4, 0.5) is 0 Å². The van der Waals surface area contributed by atoms with Crippen LogP contribution in [-0.4, -0.2) is 15.0 Å². The van der Waals surface area contributed by atoms with E-state index in [1.807, 2.05) is 97.1 Å². The van der Waals surface area contributed by atoms with Gasteiger partial charge in [-0.1, -0.05) is 146 Å². The van der Waals surface area contributed by atoms with Crippen molar-refractivity contribution in [2.75, 3.05) is 0 Å². The van der Waals surface area contributed by atoms with Crippen molar-refractivity contribution in [3.63, 3.8) is 0 Å². The molecule has 1 atom stereocenters. The van der Waals surface area contributed by atoms with E-state index < -0.39 is 5.41 Å². The molecule has 5 heteroatoms. The molecule has 0 saturated heterocycles. The Morgan fingerprint density at radius 1 is 0.500 bits per heavy atom. The minimum Gasteiger partial charge on any atom is -0.455 e. The van der Waals surface area contributed by atoms with Gasteiger partial charge >= 0.3 is 0 Å². The van der Waals surface area contributed by atoms with Gasteiger partial charge in [-0.2, -0.15) is 5.26 Å². The quantitative estimate of drug-likeness (QED) is 0.183. The first-order chi connectivity index (χ1) is 25.7. The second-order valence-electron chi connectivity index (χ2n) is 13.0. The second kappa shape index (κ2) is 11.7. The topological polar surface area (TPSA) is 75.6 Å². The predicted octanol–water partition coefficient (Wildman–Crippen LogP) is 11.0. The molecule has 0 amide bonds. The molecule has 52 heavy (non-hydrogen) atoms. The molecule has 0 bridgehead atoms. The Bertz CT molecular complexity index is 2800. The molecule has 0 fully saturated rings.